The van der Waals surface area contributed by atoms with Gasteiger partial charge < -0.3 is 10.5 Å². The first-order valence-corrected chi connectivity index (χ1v) is 5.68. The highest BCUT2D eigenvalue weighted by Gasteiger charge is 2.08. The highest BCUT2D eigenvalue weighted by molar-refractivity contribution is 5.30. The molecule has 2 nitrogen and oxygen atoms in total. The molecular formula is C13H20FNO. The predicted molar refractivity (Wildman–Crippen MR) is 64.0 cm³/mol. The molecule has 0 amide bonds. The molecule has 0 aliphatic heterocycles. The molecule has 0 aromatic heterocycles. The summed E-state index contributed by atoms with van der Waals surface area (Å²) in [6, 6.07) is 4.57. The molecule has 1 atom stereocenters. The van der Waals surface area contributed by atoms with Crippen LogP contribution in [0, 0.1) is 11.7 Å². The van der Waals surface area contributed by atoms with Crippen LogP contribution in [0.5, 0.6) is 5.75 Å². The second-order valence-corrected chi connectivity index (χ2v) is 4.50. The van der Waals surface area contributed by atoms with E-state index in [2.05, 4.69) is 13.8 Å². The highest BCUT2D eigenvalue weighted by Crippen LogP contribution is 2.20. The lowest BCUT2D eigenvalue weighted by atomic mass is 10.1. The number of nitrogens with two attached hydrogens (primary N) is 1. The summed E-state index contributed by atoms with van der Waals surface area (Å²) in [5.74, 6) is 0.868. The van der Waals surface area contributed by atoms with Crippen LogP contribution in [0.25, 0.3) is 0 Å². The molecule has 3 heteroatoms. The standard InChI is InChI=1S/C13H20FNO/c1-9(2)6-7-16-11-4-5-12(10(3)15)13(14)8-11/h4-5,8-10H,6-7,15H2,1-3H3/t10-/m0/s1. The summed E-state index contributed by atoms with van der Waals surface area (Å²) >= 11 is 0. The van der Waals surface area contributed by atoms with Crippen LogP contribution in [0.15, 0.2) is 18.2 Å². The van der Waals surface area contributed by atoms with E-state index in [4.69, 9.17) is 10.5 Å². The molecule has 0 fully saturated rings. The molecule has 2 N–H and O–H groups in total. The van der Waals surface area contributed by atoms with Gasteiger partial charge in [-0.2, -0.15) is 0 Å². The van der Waals surface area contributed by atoms with E-state index in [1.54, 1.807) is 19.1 Å². The van der Waals surface area contributed by atoms with Gasteiger partial charge in [-0.25, -0.2) is 4.39 Å². The van der Waals surface area contributed by atoms with Crippen LogP contribution < -0.4 is 10.5 Å². The van der Waals surface area contributed by atoms with Crippen molar-refractivity contribution >= 4 is 0 Å². The van der Waals surface area contributed by atoms with E-state index in [0.717, 1.165) is 6.42 Å². The fraction of sp³-hybridized carbons (Fsp3) is 0.538. The van der Waals surface area contributed by atoms with Crippen LogP contribution in [-0.4, -0.2) is 6.61 Å². The molecule has 1 aromatic rings. The van der Waals surface area contributed by atoms with Gasteiger partial charge in [0.1, 0.15) is 11.6 Å². The smallest absolute Gasteiger partial charge is 0.131 e. The van der Waals surface area contributed by atoms with Crippen molar-refractivity contribution in [2.24, 2.45) is 11.7 Å². The van der Waals surface area contributed by atoms with Gasteiger partial charge in [-0.1, -0.05) is 19.9 Å². The van der Waals surface area contributed by atoms with Crippen molar-refractivity contribution in [1.82, 2.24) is 0 Å². The molecule has 0 radical (unpaired) electrons. The van der Waals surface area contributed by atoms with Crippen LogP contribution in [-0.2, 0) is 0 Å². The summed E-state index contributed by atoms with van der Waals surface area (Å²) < 4.78 is 19.0. The first kappa shape index (κ1) is 13.0. The lowest BCUT2D eigenvalue weighted by Crippen LogP contribution is -2.08. The van der Waals surface area contributed by atoms with E-state index < -0.39 is 0 Å². The second kappa shape index (κ2) is 5.85. The summed E-state index contributed by atoms with van der Waals surface area (Å²) in [5, 5.41) is 0. The molecule has 0 heterocycles. The van der Waals surface area contributed by atoms with Crippen LogP contribution in [0.3, 0.4) is 0 Å². The van der Waals surface area contributed by atoms with E-state index in [0.29, 0.717) is 23.8 Å². The Labute approximate surface area is 96.6 Å². The second-order valence-electron chi connectivity index (χ2n) is 4.50. The third-order valence-corrected chi connectivity index (χ3v) is 2.43. The lowest BCUT2D eigenvalue weighted by molar-refractivity contribution is 0.288. The Kier molecular flexibility index (Phi) is 4.74. The van der Waals surface area contributed by atoms with E-state index >= 15 is 0 Å². The SMILES string of the molecule is CC(C)CCOc1ccc([C@H](C)N)c(F)c1. The lowest BCUT2D eigenvalue weighted by Gasteiger charge is -2.11. The van der Waals surface area contributed by atoms with Crippen molar-refractivity contribution in [3.8, 4) is 5.75 Å². The van der Waals surface area contributed by atoms with Crippen molar-refractivity contribution in [3.63, 3.8) is 0 Å². The van der Waals surface area contributed by atoms with Gasteiger partial charge in [-0.05, 0) is 25.3 Å². The van der Waals surface area contributed by atoms with Gasteiger partial charge in [0.2, 0.25) is 0 Å². The van der Waals surface area contributed by atoms with E-state index in [9.17, 15) is 4.39 Å². The minimum atomic E-state index is -0.294. The number of hydrogen-bond acceptors (Lipinski definition) is 2. The summed E-state index contributed by atoms with van der Waals surface area (Å²) in [4.78, 5) is 0. The molecule has 0 unspecified atom stereocenters. The Morgan fingerprint density at radius 2 is 2.00 bits per heavy atom. The molecule has 0 saturated heterocycles. The zero-order valence-electron chi connectivity index (χ0n) is 10.2. The molecular weight excluding hydrogens is 205 g/mol. The van der Waals surface area contributed by atoms with Gasteiger partial charge in [0.05, 0.1) is 6.61 Å². The van der Waals surface area contributed by atoms with Crippen LogP contribution in [0.2, 0.25) is 0 Å². The monoisotopic (exact) mass is 225 g/mol. The summed E-state index contributed by atoms with van der Waals surface area (Å²) in [6.07, 6.45) is 0.969. The molecule has 16 heavy (non-hydrogen) atoms. The van der Waals surface area contributed by atoms with Gasteiger partial charge in [0.15, 0.2) is 0 Å². The van der Waals surface area contributed by atoms with Crippen molar-refractivity contribution in [2.45, 2.75) is 33.2 Å². The summed E-state index contributed by atoms with van der Waals surface area (Å²) in [6.45, 7) is 6.64. The summed E-state index contributed by atoms with van der Waals surface area (Å²) in [5.41, 5.74) is 6.15. The molecule has 0 bridgehead atoms. The van der Waals surface area contributed by atoms with Crippen molar-refractivity contribution in [1.29, 1.82) is 0 Å². The zero-order valence-corrected chi connectivity index (χ0v) is 10.2. The van der Waals surface area contributed by atoms with Gasteiger partial charge >= 0.3 is 0 Å². The van der Waals surface area contributed by atoms with Crippen molar-refractivity contribution < 1.29 is 9.13 Å². The molecule has 0 aliphatic rings. The Bertz CT molecular complexity index is 337. The maximum atomic E-state index is 13.5. The zero-order chi connectivity index (χ0) is 12.1. The number of hydrogen-bond donors (Lipinski definition) is 1. The van der Waals surface area contributed by atoms with Gasteiger partial charge in [-0.3, -0.25) is 0 Å². The van der Waals surface area contributed by atoms with Crippen LogP contribution >= 0.6 is 0 Å². The number of rotatable bonds is 5. The van der Waals surface area contributed by atoms with Gasteiger partial charge in [0, 0.05) is 17.7 Å². The predicted octanol–water partition coefficient (Wildman–Crippen LogP) is 3.27. The van der Waals surface area contributed by atoms with Crippen molar-refractivity contribution in [2.75, 3.05) is 6.61 Å². The number of halogens is 1. The molecule has 90 valence electrons. The van der Waals surface area contributed by atoms with Crippen LogP contribution in [0.4, 0.5) is 4.39 Å². The number of benzene rings is 1. The van der Waals surface area contributed by atoms with Gasteiger partial charge in [-0.15, -0.1) is 0 Å². The number of ether oxygens (including phenoxy) is 1. The maximum absolute atomic E-state index is 13.5. The van der Waals surface area contributed by atoms with E-state index in [-0.39, 0.29) is 11.9 Å². The first-order valence-electron chi connectivity index (χ1n) is 5.68. The topological polar surface area (TPSA) is 35.2 Å². The minimum Gasteiger partial charge on any atom is -0.493 e. The van der Waals surface area contributed by atoms with Crippen LogP contribution in [0.1, 0.15) is 38.8 Å². The van der Waals surface area contributed by atoms with E-state index in [1.807, 2.05) is 0 Å². The quantitative estimate of drug-likeness (QED) is 0.834. The summed E-state index contributed by atoms with van der Waals surface area (Å²) in [7, 11) is 0. The molecule has 0 aliphatic carbocycles. The first-order chi connectivity index (χ1) is 7.50. The average Bonchev–Trinajstić information content (AvgIpc) is 2.16. The Morgan fingerprint density at radius 1 is 1.31 bits per heavy atom. The Balaban J connectivity index is 2.59. The third kappa shape index (κ3) is 3.81. The minimum absolute atomic E-state index is 0.287. The normalized spacial score (nSPS) is 12.9. The average molecular weight is 225 g/mol. The maximum Gasteiger partial charge on any atom is 0.131 e. The van der Waals surface area contributed by atoms with Gasteiger partial charge in [0.25, 0.3) is 0 Å². The largest absolute Gasteiger partial charge is 0.493 e. The fourth-order valence-electron chi connectivity index (χ4n) is 1.38. The fourth-order valence-corrected chi connectivity index (χ4v) is 1.38. The van der Waals surface area contributed by atoms with E-state index in [1.165, 1.54) is 6.07 Å². The Hall–Kier alpha value is -1.09. The Morgan fingerprint density at radius 3 is 2.50 bits per heavy atom. The highest BCUT2D eigenvalue weighted by atomic mass is 19.1. The molecule has 0 spiro atoms. The van der Waals surface area contributed by atoms with Crippen molar-refractivity contribution in [3.05, 3.63) is 29.6 Å². The third-order valence-electron chi connectivity index (χ3n) is 2.43. The molecule has 0 saturated carbocycles. The molecule has 1 rings (SSSR count). The molecule has 1 aromatic carbocycles.